The highest BCUT2D eigenvalue weighted by molar-refractivity contribution is 6.22. The van der Waals surface area contributed by atoms with E-state index in [4.69, 9.17) is 9.47 Å². The molecule has 0 bridgehead atoms. The Morgan fingerprint density at radius 1 is 1.24 bits per heavy atom. The number of benzene rings is 1. The van der Waals surface area contributed by atoms with Crippen LogP contribution < -0.4 is 19.7 Å². The Labute approximate surface area is 162 Å². The van der Waals surface area contributed by atoms with Gasteiger partial charge in [0, 0.05) is 12.0 Å². The monoisotopic (exact) mass is 408 g/mol. The van der Waals surface area contributed by atoms with Gasteiger partial charge >= 0.3 is 12.2 Å². The van der Waals surface area contributed by atoms with Gasteiger partial charge in [0.1, 0.15) is 23.4 Å². The molecule has 1 aromatic carbocycles. The van der Waals surface area contributed by atoms with Crippen molar-refractivity contribution in [2.75, 3.05) is 11.5 Å². The van der Waals surface area contributed by atoms with Crippen molar-refractivity contribution >= 4 is 17.8 Å². The summed E-state index contributed by atoms with van der Waals surface area (Å²) in [6, 6.07) is 3.58. The third-order valence-corrected chi connectivity index (χ3v) is 4.52. The van der Waals surface area contributed by atoms with Gasteiger partial charge in [0.05, 0.1) is 6.61 Å². The van der Waals surface area contributed by atoms with E-state index in [9.17, 15) is 22.8 Å². The fourth-order valence-corrected chi connectivity index (χ4v) is 3.13. The molecule has 0 unspecified atom stereocenters. The summed E-state index contributed by atoms with van der Waals surface area (Å²) in [7, 11) is 0. The molecule has 29 heavy (non-hydrogen) atoms. The number of aromatic nitrogens is 2. The molecule has 0 radical (unpaired) electrons. The molecule has 3 heterocycles. The number of anilines is 1. The van der Waals surface area contributed by atoms with Crippen LogP contribution in [0.25, 0.3) is 0 Å². The minimum atomic E-state index is -4.99. The molecule has 11 heteroatoms. The van der Waals surface area contributed by atoms with Crippen LogP contribution in [0.5, 0.6) is 17.4 Å². The molecule has 1 N–H and O–H groups in total. The van der Waals surface area contributed by atoms with E-state index in [1.54, 1.807) is 12.1 Å². The average Bonchev–Trinajstić information content (AvgIpc) is 3.15. The van der Waals surface area contributed by atoms with Crippen LogP contribution in [0.4, 0.5) is 23.8 Å². The summed E-state index contributed by atoms with van der Waals surface area (Å²) >= 11 is 0. The highest BCUT2D eigenvalue weighted by Crippen LogP contribution is 2.43. The number of nitrogens with zero attached hydrogens (tertiary/aromatic N) is 3. The number of imide groups is 1. The zero-order chi connectivity index (χ0) is 21.0. The average molecular weight is 408 g/mol. The van der Waals surface area contributed by atoms with Crippen LogP contribution in [0.2, 0.25) is 0 Å². The zero-order valence-electron chi connectivity index (χ0n) is 15.3. The topological polar surface area (TPSA) is 93.7 Å². The van der Waals surface area contributed by atoms with Gasteiger partial charge in [-0.15, -0.1) is 0 Å². The number of alkyl halides is 3. The molecule has 4 rings (SSSR count). The van der Waals surface area contributed by atoms with E-state index in [0.717, 1.165) is 11.9 Å². The Balaban J connectivity index is 1.79. The highest BCUT2D eigenvalue weighted by atomic mass is 19.4. The second kappa shape index (κ2) is 6.33. The fraction of sp³-hybridized carbons (Fsp3) is 0.333. The quantitative estimate of drug-likeness (QED) is 0.785. The van der Waals surface area contributed by atoms with E-state index in [0.29, 0.717) is 23.7 Å². The van der Waals surface area contributed by atoms with Gasteiger partial charge in [0.15, 0.2) is 11.4 Å². The van der Waals surface area contributed by atoms with E-state index in [1.807, 2.05) is 0 Å². The molecule has 8 nitrogen and oxygen atoms in total. The van der Waals surface area contributed by atoms with Gasteiger partial charge < -0.3 is 14.8 Å². The first-order chi connectivity index (χ1) is 13.6. The van der Waals surface area contributed by atoms with Crippen molar-refractivity contribution in [2.45, 2.75) is 32.0 Å². The molecule has 1 saturated heterocycles. The molecule has 2 aromatic rings. The van der Waals surface area contributed by atoms with Gasteiger partial charge in [-0.25, -0.2) is 19.7 Å². The SMILES string of the molecule is CC1(C)NC(=O)N(c2ncnc(Oc3ccc4c(c3)CCO4)c2C(F)(F)F)C1=O. The second-order valence-corrected chi connectivity index (χ2v) is 7.04. The van der Waals surface area contributed by atoms with Gasteiger partial charge in [-0.3, -0.25) is 4.79 Å². The first-order valence-corrected chi connectivity index (χ1v) is 8.60. The predicted molar refractivity (Wildman–Crippen MR) is 92.8 cm³/mol. The van der Waals surface area contributed by atoms with Gasteiger partial charge in [-0.1, -0.05) is 0 Å². The van der Waals surface area contributed by atoms with Crippen LogP contribution in [-0.4, -0.2) is 34.1 Å². The minimum absolute atomic E-state index is 0.113. The van der Waals surface area contributed by atoms with Gasteiger partial charge in [0.2, 0.25) is 5.88 Å². The lowest BCUT2D eigenvalue weighted by Crippen LogP contribution is -2.40. The third-order valence-electron chi connectivity index (χ3n) is 4.52. The Hall–Kier alpha value is -3.37. The van der Waals surface area contributed by atoms with Gasteiger partial charge in [-0.2, -0.15) is 13.2 Å². The zero-order valence-corrected chi connectivity index (χ0v) is 15.3. The minimum Gasteiger partial charge on any atom is -0.493 e. The lowest BCUT2D eigenvalue weighted by atomic mass is 10.1. The molecule has 1 fully saturated rings. The van der Waals surface area contributed by atoms with E-state index < -0.39 is 40.9 Å². The van der Waals surface area contributed by atoms with Crippen LogP contribution in [0.3, 0.4) is 0 Å². The molecule has 0 aliphatic carbocycles. The molecule has 152 valence electrons. The normalized spacial score (nSPS) is 17.8. The number of rotatable bonds is 3. The molecule has 2 aliphatic rings. The standard InChI is InChI=1S/C18H15F3N4O4/c1-17(2)15(26)25(16(27)24-17)13-12(18(19,20)21)14(23-8-22-13)29-10-3-4-11-9(7-10)5-6-28-11/h3-4,7-8H,5-6H2,1-2H3,(H,24,27). The number of fused-ring (bicyclic) bond motifs is 1. The van der Waals surface area contributed by atoms with Gasteiger partial charge in [-0.05, 0) is 32.0 Å². The van der Waals surface area contributed by atoms with E-state index >= 15 is 0 Å². The van der Waals surface area contributed by atoms with Crippen LogP contribution in [0, 0.1) is 0 Å². The molecule has 3 amide bonds. The number of nitrogens with one attached hydrogen (secondary N) is 1. The highest BCUT2D eigenvalue weighted by Gasteiger charge is 2.50. The number of hydrogen-bond donors (Lipinski definition) is 1. The number of amides is 3. The number of urea groups is 1. The summed E-state index contributed by atoms with van der Waals surface area (Å²) in [6.07, 6.45) is -3.58. The molecule has 0 atom stereocenters. The maximum absolute atomic E-state index is 13.9. The first kappa shape index (κ1) is 19.0. The Bertz CT molecular complexity index is 1020. The van der Waals surface area contributed by atoms with Crippen LogP contribution in [0.15, 0.2) is 24.5 Å². The summed E-state index contributed by atoms with van der Waals surface area (Å²) < 4.78 is 52.4. The van der Waals surface area contributed by atoms with Crippen LogP contribution in [-0.2, 0) is 17.4 Å². The van der Waals surface area contributed by atoms with Crippen molar-refractivity contribution in [3.63, 3.8) is 0 Å². The van der Waals surface area contributed by atoms with E-state index in [2.05, 4.69) is 15.3 Å². The number of hydrogen-bond acceptors (Lipinski definition) is 6. The van der Waals surface area contributed by atoms with Crippen molar-refractivity contribution in [3.8, 4) is 17.4 Å². The summed E-state index contributed by atoms with van der Waals surface area (Å²) in [5, 5.41) is 2.32. The first-order valence-electron chi connectivity index (χ1n) is 8.60. The fourth-order valence-electron chi connectivity index (χ4n) is 3.13. The molecule has 0 spiro atoms. The second-order valence-electron chi connectivity index (χ2n) is 7.04. The van der Waals surface area contributed by atoms with E-state index in [1.165, 1.54) is 19.9 Å². The summed E-state index contributed by atoms with van der Waals surface area (Å²) in [5.41, 5.74) is -1.99. The summed E-state index contributed by atoms with van der Waals surface area (Å²) in [6.45, 7) is 3.24. The number of halogens is 3. The van der Waals surface area contributed by atoms with Crippen molar-refractivity contribution in [1.29, 1.82) is 0 Å². The smallest absolute Gasteiger partial charge is 0.425 e. The Morgan fingerprint density at radius 2 is 2.00 bits per heavy atom. The van der Waals surface area contributed by atoms with Crippen LogP contribution >= 0.6 is 0 Å². The number of ether oxygens (including phenoxy) is 2. The van der Waals surface area contributed by atoms with Crippen molar-refractivity contribution in [3.05, 3.63) is 35.7 Å². The number of carbonyl (C=O) groups is 2. The third kappa shape index (κ3) is 3.22. The molecular formula is C18H15F3N4O4. The molecular weight excluding hydrogens is 393 g/mol. The lowest BCUT2D eigenvalue weighted by molar-refractivity contribution is -0.138. The van der Waals surface area contributed by atoms with Crippen molar-refractivity contribution < 1.29 is 32.2 Å². The van der Waals surface area contributed by atoms with Crippen molar-refractivity contribution in [1.82, 2.24) is 15.3 Å². The summed E-state index contributed by atoms with van der Waals surface area (Å²) in [5.74, 6) is -1.82. The lowest BCUT2D eigenvalue weighted by Gasteiger charge is -2.20. The maximum atomic E-state index is 13.9. The molecule has 0 saturated carbocycles. The van der Waals surface area contributed by atoms with Gasteiger partial charge in [0.25, 0.3) is 5.91 Å². The number of carbonyl (C=O) groups excluding carboxylic acids is 2. The molecule has 2 aliphatic heterocycles. The maximum Gasteiger partial charge on any atom is 0.425 e. The summed E-state index contributed by atoms with van der Waals surface area (Å²) in [4.78, 5) is 32.2. The Kier molecular flexibility index (Phi) is 4.14. The molecule has 1 aromatic heterocycles. The van der Waals surface area contributed by atoms with E-state index in [-0.39, 0.29) is 5.75 Å². The van der Waals surface area contributed by atoms with Crippen LogP contribution in [0.1, 0.15) is 25.0 Å². The largest absolute Gasteiger partial charge is 0.493 e. The predicted octanol–water partition coefficient (Wildman–Crippen LogP) is 3.06. The Morgan fingerprint density at radius 3 is 2.66 bits per heavy atom. The van der Waals surface area contributed by atoms with Crippen molar-refractivity contribution in [2.24, 2.45) is 0 Å².